The molecule has 1 amide bonds. The number of carbonyl (C=O) groups is 1. The number of para-hydroxylation sites is 1. The maximum atomic E-state index is 12.1. The van der Waals surface area contributed by atoms with Gasteiger partial charge in [-0.15, -0.1) is 22.7 Å². The minimum Gasteiger partial charge on any atom is -0.355 e. The van der Waals surface area contributed by atoms with Crippen LogP contribution < -0.4 is 5.32 Å². The van der Waals surface area contributed by atoms with E-state index in [0.29, 0.717) is 6.54 Å². The molecule has 0 radical (unpaired) electrons. The van der Waals surface area contributed by atoms with E-state index >= 15 is 0 Å². The number of hydrogen-bond donors (Lipinski definition) is 1. The van der Waals surface area contributed by atoms with Gasteiger partial charge in [0.25, 0.3) is 0 Å². The molecule has 1 N–H and O–H groups in total. The third kappa shape index (κ3) is 3.95. The van der Waals surface area contributed by atoms with Crippen molar-refractivity contribution in [3.63, 3.8) is 0 Å². The molecule has 0 bridgehead atoms. The maximum Gasteiger partial charge on any atom is 0.226 e. The zero-order chi connectivity index (χ0) is 17.8. The van der Waals surface area contributed by atoms with Gasteiger partial charge in [-0.1, -0.05) is 12.1 Å². The SMILES string of the molecule is O=C(Cc1csc(-c2cccnc2)n1)NCCc1nc2ccccc2s1. The normalized spacial score (nSPS) is 10.9. The molecule has 0 aliphatic heterocycles. The molecule has 0 saturated carbocycles. The molecular formula is C19H16N4OS2. The Hall–Kier alpha value is -2.64. The minimum absolute atomic E-state index is 0.0193. The number of fused-ring (bicyclic) bond motifs is 1. The number of nitrogens with zero attached hydrogens (tertiary/aromatic N) is 3. The number of pyridine rings is 1. The first-order chi connectivity index (χ1) is 12.8. The number of amides is 1. The van der Waals surface area contributed by atoms with Crippen LogP contribution in [0.25, 0.3) is 20.8 Å². The van der Waals surface area contributed by atoms with Gasteiger partial charge in [0.05, 0.1) is 27.3 Å². The lowest BCUT2D eigenvalue weighted by molar-refractivity contribution is -0.120. The van der Waals surface area contributed by atoms with Gasteiger partial charge in [0.15, 0.2) is 0 Å². The summed E-state index contributed by atoms with van der Waals surface area (Å²) in [4.78, 5) is 25.3. The van der Waals surface area contributed by atoms with E-state index in [4.69, 9.17) is 0 Å². The van der Waals surface area contributed by atoms with E-state index in [9.17, 15) is 4.79 Å². The number of thiazole rings is 2. The Bertz CT molecular complexity index is 993. The van der Waals surface area contributed by atoms with Gasteiger partial charge in [-0.2, -0.15) is 0 Å². The summed E-state index contributed by atoms with van der Waals surface area (Å²) in [5.41, 5.74) is 2.77. The van der Waals surface area contributed by atoms with Crippen molar-refractivity contribution in [2.24, 2.45) is 0 Å². The minimum atomic E-state index is -0.0193. The van der Waals surface area contributed by atoms with Crippen molar-refractivity contribution in [2.45, 2.75) is 12.8 Å². The molecule has 0 saturated heterocycles. The molecule has 0 fully saturated rings. The summed E-state index contributed by atoms with van der Waals surface area (Å²) in [7, 11) is 0. The van der Waals surface area contributed by atoms with Crippen molar-refractivity contribution >= 4 is 38.8 Å². The molecule has 0 spiro atoms. The summed E-state index contributed by atoms with van der Waals surface area (Å²) >= 11 is 3.20. The number of aromatic nitrogens is 3. The van der Waals surface area contributed by atoms with Gasteiger partial charge < -0.3 is 5.32 Å². The summed E-state index contributed by atoms with van der Waals surface area (Å²) in [6, 6.07) is 11.9. The molecule has 4 rings (SSSR count). The lowest BCUT2D eigenvalue weighted by Crippen LogP contribution is -2.27. The van der Waals surface area contributed by atoms with Gasteiger partial charge in [-0.25, -0.2) is 9.97 Å². The Morgan fingerprint density at radius 2 is 2.04 bits per heavy atom. The standard InChI is InChI=1S/C19H16N4OS2/c24-17(10-14-12-25-19(22-14)13-4-3-8-20-11-13)21-9-7-18-23-15-5-1-2-6-16(15)26-18/h1-6,8,11-12H,7,9-10H2,(H,21,24). The number of carbonyl (C=O) groups excluding carboxylic acids is 1. The summed E-state index contributed by atoms with van der Waals surface area (Å²) in [5.74, 6) is -0.0193. The van der Waals surface area contributed by atoms with Crippen molar-refractivity contribution in [2.75, 3.05) is 6.54 Å². The zero-order valence-electron chi connectivity index (χ0n) is 13.9. The van der Waals surface area contributed by atoms with E-state index in [1.54, 1.807) is 23.7 Å². The second-order valence-electron chi connectivity index (χ2n) is 5.74. The highest BCUT2D eigenvalue weighted by molar-refractivity contribution is 7.18. The monoisotopic (exact) mass is 380 g/mol. The zero-order valence-corrected chi connectivity index (χ0v) is 15.5. The van der Waals surface area contributed by atoms with Crippen molar-refractivity contribution < 1.29 is 4.79 Å². The van der Waals surface area contributed by atoms with Gasteiger partial charge in [0, 0.05) is 36.3 Å². The fourth-order valence-corrected chi connectivity index (χ4v) is 4.35. The van der Waals surface area contributed by atoms with Crippen LogP contribution in [0.15, 0.2) is 54.2 Å². The molecule has 3 heterocycles. The van der Waals surface area contributed by atoms with Gasteiger partial charge >= 0.3 is 0 Å². The first-order valence-electron chi connectivity index (χ1n) is 8.24. The van der Waals surface area contributed by atoms with Crippen LogP contribution >= 0.6 is 22.7 Å². The second-order valence-corrected chi connectivity index (χ2v) is 7.71. The molecule has 0 aliphatic carbocycles. The van der Waals surface area contributed by atoms with Crippen LogP contribution in [0.1, 0.15) is 10.7 Å². The highest BCUT2D eigenvalue weighted by Crippen LogP contribution is 2.23. The molecule has 0 atom stereocenters. The predicted molar refractivity (Wildman–Crippen MR) is 105 cm³/mol. The van der Waals surface area contributed by atoms with Crippen molar-refractivity contribution in [3.8, 4) is 10.6 Å². The molecule has 5 nitrogen and oxygen atoms in total. The van der Waals surface area contributed by atoms with Crippen molar-refractivity contribution in [1.82, 2.24) is 20.3 Å². The first kappa shape index (κ1) is 16.8. The molecule has 26 heavy (non-hydrogen) atoms. The highest BCUT2D eigenvalue weighted by Gasteiger charge is 2.09. The first-order valence-corrected chi connectivity index (χ1v) is 9.93. The van der Waals surface area contributed by atoms with Crippen molar-refractivity contribution in [1.29, 1.82) is 0 Å². The van der Waals surface area contributed by atoms with Crippen LogP contribution in [0.5, 0.6) is 0 Å². The Morgan fingerprint density at radius 3 is 2.88 bits per heavy atom. The second kappa shape index (κ2) is 7.72. The average molecular weight is 380 g/mol. The number of benzene rings is 1. The number of hydrogen-bond acceptors (Lipinski definition) is 6. The molecule has 1 aromatic carbocycles. The third-order valence-electron chi connectivity index (χ3n) is 3.80. The summed E-state index contributed by atoms with van der Waals surface area (Å²) in [6.45, 7) is 0.582. The van der Waals surface area contributed by atoms with Gasteiger partial charge in [0.1, 0.15) is 5.01 Å². The molecule has 0 aliphatic rings. The van der Waals surface area contributed by atoms with E-state index in [1.807, 2.05) is 35.7 Å². The summed E-state index contributed by atoms with van der Waals surface area (Å²) < 4.78 is 1.18. The summed E-state index contributed by atoms with van der Waals surface area (Å²) in [5, 5.41) is 6.80. The van der Waals surface area contributed by atoms with Gasteiger partial charge in [-0.05, 0) is 24.3 Å². The highest BCUT2D eigenvalue weighted by atomic mass is 32.1. The summed E-state index contributed by atoms with van der Waals surface area (Å²) in [6.07, 6.45) is 4.54. The molecule has 130 valence electrons. The fraction of sp³-hybridized carbons (Fsp3) is 0.158. The van der Waals surface area contributed by atoms with Crippen LogP contribution in [-0.4, -0.2) is 27.4 Å². The lowest BCUT2D eigenvalue weighted by atomic mass is 10.3. The van der Waals surface area contributed by atoms with E-state index in [0.717, 1.165) is 33.2 Å². The maximum absolute atomic E-state index is 12.1. The van der Waals surface area contributed by atoms with Gasteiger partial charge in [-0.3, -0.25) is 9.78 Å². The number of nitrogens with one attached hydrogen (secondary N) is 1. The largest absolute Gasteiger partial charge is 0.355 e. The van der Waals surface area contributed by atoms with Crippen LogP contribution in [0.2, 0.25) is 0 Å². The Kier molecular flexibility index (Phi) is 4.99. The molecule has 0 unspecified atom stereocenters. The fourth-order valence-electron chi connectivity index (χ4n) is 2.57. The molecule has 3 aromatic heterocycles. The van der Waals surface area contributed by atoms with Gasteiger partial charge in [0.2, 0.25) is 5.91 Å². The third-order valence-corrected chi connectivity index (χ3v) is 5.84. The number of rotatable bonds is 6. The topological polar surface area (TPSA) is 67.8 Å². The van der Waals surface area contributed by atoms with E-state index in [2.05, 4.69) is 26.3 Å². The Labute approximate surface area is 158 Å². The average Bonchev–Trinajstić information content (AvgIpc) is 3.29. The van der Waals surface area contributed by atoms with Crippen LogP contribution in [0.3, 0.4) is 0 Å². The van der Waals surface area contributed by atoms with Crippen LogP contribution in [0.4, 0.5) is 0 Å². The van der Waals surface area contributed by atoms with E-state index in [-0.39, 0.29) is 12.3 Å². The Balaban J connectivity index is 1.29. The van der Waals surface area contributed by atoms with Crippen molar-refractivity contribution in [3.05, 3.63) is 64.9 Å². The van der Waals surface area contributed by atoms with E-state index < -0.39 is 0 Å². The molecule has 7 heteroatoms. The van der Waals surface area contributed by atoms with Crippen LogP contribution in [0, 0.1) is 0 Å². The molecular weight excluding hydrogens is 364 g/mol. The van der Waals surface area contributed by atoms with E-state index in [1.165, 1.54) is 16.0 Å². The quantitative estimate of drug-likeness (QED) is 0.554. The van der Waals surface area contributed by atoms with Crippen LogP contribution in [-0.2, 0) is 17.6 Å². The predicted octanol–water partition coefficient (Wildman–Crippen LogP) is 3.72. The Morgan fingerprint density at radius 1 is 1.12 bits per heavy atom. The molecule has 4 aromatic rings. The lowest BCUT2D eigenvalue weighted by Gasteiger charge is -2.02. The smallest absolute Gasteiger partial charge is 0.226 e.